The molecule has 4 rings (SSSR count). The average molecular weight is 414 g/mol. The summed E-state index contributed by atoms with van der Waals surface area (Å²) in [5, 5.41) is 18.3. The minimum Gasteiger partial charge on any atom is -0.507 e. The van der Waals surface area contributed by atoms with Crippen molar-refractivity contribution in [2.24, 2.45) is 17.2 Å². The van der Waals surface area contributed by atoms with Crippen molar-refractivity contribution < 1.29 is 5.11 Å². The summed E-state index contributed by atoms with van der Waals surface area (Å²) in [7, 11) is 0. The summed E-state index contributed by atoms with van der Waals surface area (Å²) in [6, 6.07) is 9.33. The lowest BCUT2D eigenvalue weighted by molar-refractivity contribution is 0.277. The van der Waals surface area contributed by atoms with E-state index >= 15 is 0 Å². The van der Waals surface area contributed by atoms with E-state index < -0.39 is 0 Å². The minimum atomic E-state index is 0.114. The molecule has 8 nitrogen and oxygen atoms in total. The summed E-state index contributed by atoms with van der Waals surface area (Å²) in [6.45, 7) is 1.49. The van der Waals surface area contributed by atoms with Crippen LogP contribution in [0.3, 0.4) is 0 Å². The number of benzene rings is 1. The first kappa shape index (κ1) is 19.2. The lowest BCUT2D eigenvalue weighted by Crippen LogP contribution is -2.54. The quantitative estimate of drug-likeness (QED) is 0.555. The Labute approximate surface area is 174 Å². The van der Waals surface area contributed by atoms with E-state index in [0.717, 1.165) is 31.6 Å². The number of phenolic OH excluding ortho intramolecular Hbond substituents is 1. The van der Waals surface area contributed by atoms with Gasteiger partial charge >= 0.3 is 0 Å². The highest BCUT2D eigenvalue weighted by molar-refractivity contribution is 6.29. The normalized spacial score (nSPS) is 21.3. The maximum Gasteiger partial charge on any atom is 0.153 e. The van der Waals surface area contributed by atoms with Crippen LogP contribution in [-0.4, -0.2) is 45.4 Å². The zero-order valence-corrected chi connectivity index (χ0v) is 16.6. The molecule has 0 spiro atoms. The Kier molecular flexibility index (Phi) is 5.10. The second-order valence-electron chi connectivity index (χ2n) is 7.39. The summed E-state index contributed by atoms with van der Waals surface area (Å²) in [6.07, 6.45) is 5.59. The number of fused-ring (bicyclic) bond motifs is 2. The monoisotopic (exact) mass is 413 g/mol. The summed E-state index contributed by atoms with van der Waals surface area (Å²) in [5.41, 5.74) is 20.9. The first-order valence-corrected chi connectivity index (χ1v) is 9.84. The molecule has 2 aliphatic heterocycles. The molecule has 7 N–H and O–H groups in total. The first-order valence-electron chi connectivity index (χ1n) is 9.46. The maximum atomic E-state index is 10.1. The smallest absolute Gasteiger partial charge is 0.153 e. The van der Waals surface area contributed by atoms with Crippen molar-refractivity contribution in [1.82, 2.24) is 15.1 Å². The molecule has 0 aliphatic carbocycles. The number of halogens is 1. The van der Waals surface area contributed by atoms with Crippen LogP contribution in [0.25, 0.3) is 5.70 Å². The van der Waals surface area contributed by atoms with Gasteiger partial charge in [-0.1, -0.05) is 23.7 Å². The van der Waals surface area contributed by atoms with E-state index in [1.165, 1.54) is 0 Å². The molecule has 2 fully saturated rings. The summed E-state index contributed by atoms with van der Waals surface area (Å²) in [5.74, 6) is 0.313. The average Bonchev–Trinajstić information content (AvgIpc) is 2.96. The third-order valence-electron chi connectivity index (χ3n) is 5.53. The maximum absolute atomic E-state index is 10.1. The Morgan fingerprint density at radius 1 is 1.14 bits per heavy atom. The molecule has 2 aliphatic rings. The topological polar surface area (TPSA) is 131 Å². The van der Waals surface area contributed by atoms with Crippen LogP contribution in [0, 0.1) is 0 Å². The van der Waals surface area contributed by atoms with E-state index in [0.29, 0.717) is 22.1 Å². The molecule has 2 unspecified atom stereocenters. The van der Waals surface area contributed by atoms with Crippen molar-refractivity contribution in [2.75, 3.05) is 18.0 Å². The van der Waals surface area contributed by atoms with E-state index in [1.807, 2.05) is 12.1 Å². The SMILES string of the molecule is NC(N)=C(/C=C(\N)c1ccccc1O)N1CC2CCC(C1)N2c1cnnc(Cl)c1. The number of likely N-dealkylation sites (tertiary alicyclic amines) is 1. The summed E-state index contributed by atoms with van der Waals surface area (Å²) >= 11 is 6.04. The fourth-order valence-corrected chi connectivity index (χ4v) is 4.45. The zero-order valence-electron chi connectivity index (χ0n) is 15.9. The number of nitrogens with two attached hydrogens (primary N) is 3. The number of nitrogens with zero attached hydrogens (tertiary/aromatic N) is 4. The molecule has 1 aromatic heterocycles. The van der Waals surface area contributed by atoms with Gasteiger partial charge in [0.05, 0.1) is 17.6 Å². The van der Waals surface area contributed by atoms with Gasteiger partial charge in [0.25, 0.3) is 0 Å². The third-order valence-corrected chi connectivity index (χ3v) is 5.72. The molecule has 0 radical (unpaired) electrons. The zero-order chi connectivity index (χ0) is 20.5. The molecule has 2 bridgehead atoms. The molecular formula is C20H24ClN7O. The van der Waals surface area contributed by atoms with E-state index in [4.69, 9.17) is 28.8 Å². The minimum absolute atomic E-state index is 0.114. The lowest BCUT2D eigenvalue weighted by Gasteiger charge is -2.43. The number of aromatic nitrogens is 2. The summed E-state index contributed by atoms with van der Waals surface area (Å²) in [4.78, 5) is 4.52. The second kappa shape index (κ2) is 7.71. The molecule has 0 amide bonds. The van der Waals surface area contributed by atoms with Crippen LogP contribution in [0.2, 0.25) is 5.15 Å². The molecule has 1 aromatic carbocycles. The van der Waals surface area contributed by atoms with Crippen LogP contribution >= 0.6 is 11.6 Å². The van der Waals surface area contributed by atoms with Crippen LogP contribution in [0.15, 0.2) is 54.1 Å². The number of rotatable bonds is 4. The molecule has 9 heteroatoms. The number of anilines is 1. The van der Waals surface area contributed by atoms with E-state index in [2.05, 4.69) is 20.0 Å². The van der Waals surface area contributed by atoms with Gasteiger partial charge < -0.3 is 32.1 Å². The molecule has 2 saturated heterocycles. The van der Waals surface area contributed by atoms with Crippen LogP contribution < -0.4 is 22.1 Å². The second-order valence-corrected chi connectivity index (χ2v) is 7.78. The first-order chi connectivity index (χ1) is 13.9. The van der Waals surface area contributed by atoms with Crippen molar-refractivity contribution in [3.63, 3.8) is 0 Å². The highest BCUT2D eigenvalue weighted by Crippen LogP contribution is 2.36. The predicted molar refractivity (Wildman–Crippen MR) is 114 cm³/mol. The number of phenols is 1. The molecule has 3 heterocycles. The van der Waals surface area contributed by atoms with Gasteiger partial charge in [-0.2, -0.15) is 5.10 Å². The fraction of sp³-hybridized carbons (Fsp3) is 0.300. The van der Waals surface area contributed by atoms with Crippen molar-refractivity contribution >= 4 is 23.0 Å². The van der Waals surface area contributed by atoms with Crippen LogP contribution in [0.5, 0.6) is 5.75 Å². The Morgan fingerprint density at radius 3 is 2.45 bits per heavy atom. The van der Waals surface area contributed by atoms with E-state index in [1.54, 1.807) is 30.5 Å². The van der Waals surface area contributed by atoms with Crippen LogP contribution in [-0.2, 0) is 0 Å². The van der Waals surface area contributed by atoms with Gasteiger partial charge in [-0.05, 0) is 31.1 Å². The number of piperazine rings is 1. The van der Waals surface area contributed by atoms with Crippen LogP contribution in [0.1, 0.15) is 18.4 Å². The molecule has 0 saturated carbocycles. The molecule has 29 heavy (non-hydrogen) atoms. The van der Waals surface area contributed by atoms with Crippen molar-refractivity contribution in [3.8, 4) is 5.75 Å². The Hall–Kier alpha value is -3.13. The van der Waals surface area contributed by atoms with E-state index in [-0.39, 0.29) is 23.7 Å². The molecular weight excluding hydrogens is 390 g/mol. The number of hydrogen-bond donors (Lipinski definition) is 4. The highest BCUT2D eigenvalue weighted by Gasteiger charge is 2.41. The number of hydrogen-bond acceptors (Lipinski definition) is 8. The molecule has 152 valence electrons. The highest BCUT2D eigenvalue weighted by atomic mass is 35.5. The van der Waals surface area contributed by atoms with Gasteiger partial charge in [-0.15, -0.1) is 5.10 Å². The fourth-order valence-electron chi connectivity index (χ4n) is 4.29. The largest absolute Gasteiger partial charge is 0.507 e. The molecule has 2 aromatic rings. The van der Waals surface area contributed by atoms with E-state index in [9.17, 15) is 5.11 Å². The van der Waals surface area contributed by atoms with Gasteiger partial charge in [0.15, 0.2) is 5.15 Å². The third kappa shape index (κ3) is 3.75. The standard InChI is InChI=1S/C20H24ClN7O/c21-19-7-14(9-25-26-19)28-12-5-6-13(28)11-27(10-12)17(20(23)24)8-16(22)15-3-1-2-4-18(15)29/h1-4,7-9,12-13,29H,5-6,10-11,22-24H2/b16-8-. The van der Waals surface area contributed by atoms with Crippen molar-refractivity contribution in [3.05, 3.63) is 64.8 Å². The number of aromatic hydroxyl groups is 1. The Morgan fingerprint density at radius 2 is 1.83 bits per heavy atom. The van der Waals surface area contributed by atoms with Crippen molar-refractivity contribution in [1.29, 1.82) is 0 Å². The summed E-state index contributed by atoms with van der Waals surface area (Å²) < 4.78 is 0. The van der Waals surface area contributed by atoms with Gasteiger partial charge in [0.1, 0.15) is 11.6 Å². The van der Waals surface area contributed by atoms with Gasteiger partial charge in [-0.25, -0.2) is 0 Å². The number of para-hydroxylation sites is 1. The van der Waals surface area contributed by atoms with Gasteiger partial charge in [-0.3, -0.25) is 0 Å². The van der Waals surface area contributed by atoms with Crippen LogP contribution in [0.4, 0.5) is 5.69 Å². The Balaban J connectivity index is 1.59. The lowest BCUT2D eigenvalue weighted by atomic mass is 10.1. The number of allylic oxidation sites excluding steroid dienone is 1. The Bertz CT molecular complexity index is 959. The predicted octanol–water partition coefficient (Wildman–Crippen LogP) is 1.57. The molecule has 2 atom stereocenters. The van der Waals surface area contributed by atoms with Crippen molar-refractivity contribution in [2.45, 2.75) is 24.9 Å². The van der Waals surface area contributed by atoms with Gasteiger partial charge in [0, 0.05) is 42.5 Å². The van der Waals surface area contributed by atoms with Gasteiger partial charge in [0.2, 0.25) is 0 Å².